The molecule has 1 unspecified atom stereocenters. The van der Waals surface area contributed by atoms with Crippen LogP contribution in [-0.4, -0.2) is 5.97 Å². The van der Waals surface area contributed by atoms with E-state index < -0.39 is 5.97 Å². The van der Waals surface area contributed by atoms with Gasteiger partial charge in [0.2, 0.25) is 0 Å². The molecule has 0 fully saturated rings. The maximum absolute atomic E-state index is 10.1. The fourth-order valence-corrected chi connectivity index (χ4v) is 1.13. The second-order valence-electron chi connectivity index (χ2n) is 3.18. The molecule has 0 aliphatic heterocycles. The van der Waals surface area contributed by atoms with Gasteiger partial charge in [-0.25, -0.2) is 9.90 Å². The summed E-state index contributed by atoms with van der Waals surface area (Å²) in [5, 5.41) is 10.1. The van der Waals surface area contributed by atoms with E-state index in [1.807, 2.05) is 6.92 Å². The zero-order valence-electron chi connectivity index (χ0n) is 7.43. The standard InChI is InChI=1S/C9H17O2/c1-3-4-5-6-8(2)7-9(10)11/h8H,3-7H2,1-2H3. The number of rotatable bonds is 6. The first-order valence-electron chi connectivity index (χ1n) is 4.36. The largest absolute Gasteiger partial charge is 0.355 e. The molecule has 0 aromatic rings. The summed E-state index contributed by atoms with van der Waals surface area (Å²) < 4.78 is 0. The third-order valence-corrected chi connectivity index (χ3v) is 1.82. The lowest BCUT2D eigenvalue weighted by atomic mass is 10.0. The molecule has 0 rings (SSSR count). The van der Waals surface area contributed by atoms with Gasteiger partial charge in [0.05, 0.1) is 6.42 Å². The van der Waals surface area contributed by atoms with E-state index in [1.165, 1.54) is 12.8 Å². The van der Waals surface area contributed by atoms with E-state index in [1.54, 1.807) is 0 Å². The molecule has 0 spiro atoms. The van der Waals surface area contributed by atoms with Gasteiger partial charge in [-0.3, -0.25) is 0 Å². The van der Waals surface area contributed by atoms with Crippen LogP contribution in [0.25, 0.3) is 0 Å². The van der Waals surface area contributed by atoms with Gasteiger partial charge in [-0.1, -0.05) is 39.5 Å². The maximum atomic E-state index is 10.1. The maximum Gasteiger partial charge on any atom is 0.355 e. The Morgan fingerprint density at radius 2 is 2.00 bits per heavy atom. The molecule has 0 amide bonds. The molecule has 1 radical (unpaired) electrons. The molecule has 0 saturated carbocycles. The van der Waals surface area contributed by atoms with Gasteiger partial charge in [0.25, 0.3) is 0 Å². The highest BCUT2D eigenvalue weighted by Gasteiger charge is 2.07. The van der Waals surface area contributed by atoms with Crippen LogP contribution < -0.4 is 0 Å². The molecule has 0 saturated heterocycles. The van der Waals surface area contributed by atoms with Crippen molar-refractivity contribution in [2.75, 3.05) is 0 Å². The lowest BCUT2D eigenvalue weighted by molar-refractivity contribution is -0.144. The van der Waals surface area contributed by atoms with Crippen molar-refractivity contribution in [3.63, 3.8) is 0 Å². The summed E-state index contributed by atoms with van der Waals surface area (Å²) >= 11 is 0. The van der Waals surface area contributed by atoms with Crippen LogP contribution in [0.2, 0.25) is 0 Å². The topological polar surface area (TPSA) is 37.0 Å². The van der Waals surface area contributed by atoms with E-state index >= 15 is 0 Å². The Morgan fingerprint density at radius 1 is 1.36 bits per heavy atom. The second-order valence-corrected chi connectivity index (χ2v) is 3.18. The van der Waals surface area contributed by atoms with Gasteiger partial charge in [-0.05, 0) is 5.92 Å². The minimum atomic E-state index is -0.922. The number of hydrogen-bond acceptors (Lipinski definition) is 1. The summed E-state index contributed by atoms with van der Waals surface area (Å²) in [6.45, 7) is 4.11. The van der Waals surface area contributed by atoms with Crippen molar-refractivity contribution >= 4 is 5.97 Å². The first-order valence-corrected chi connectivity index (χ1v) is 4.36. The van der Waals surface area contributed by atoms with Crippen molar-refractivity contribution in [2.24, 2.45) is 5.92 Å². The van der Waals surface area contributed by atoms with Crippen LogP contribution >= 0.6 is 0 Å². The monoisotopic (exact) mass is 157 g/mol. The first kappa shape index (κ1) is 10.5. The lowest BCUT2D eigenvalue weighted by Crippen LogP contribution is -2.02. The third kappa shape index (κ3) is 7.37. The van der Waals surface area contributed by atoms with Gasteiger partial charge >= 0.3 is 5.97 Å². The van der Waals surface area contributed by atoms with Crippen molar-refractivity contribution in [2.45, 2.75) is 46.0 Å². The molecule has 2 nitrogen and oxygen atoms in total. The predicted octanol–water partition coefficient (Wildman–Crippen LogP) is 2.55. The molecule has 11 heavy (non-hydrogen) atoms. The molecule has 65 valence electrons. The SMILES string of the molecule is CCCCCC(C)CC([O])=O. The van der Waals surface area contributed by atoms with Crippen LogP contribution in [-0.2, 0) is 9.90 Å². The summed E-state index contributed by atoms with van der Waals surface area (Å²) in [5.74, 6) is -0.638. The van der Waals surface area contributed by atoms with Crippen LogP contribution in [0.5, 0.6) is 0 Å². The van der Waals surface area contributed by atoms with E-state index in [0.717, 1.165) is 12.8 Å². The number of unbranched alkanes of at least 4 members (excludes halogenated alkanes) is 2. The molecule has 0 heterocycles. The molecule has 2 heteroatoms. The molecule has 0 aliphatic rings. The summed E-state index contributed by atoms with van der Waals surface area (Å²) in [7, 11) is 0. The number of carbonyl (C=O) groups excluding carboxylic acids is 1. The van der Waals surface area contributed by atoms with Gasteiger partial charge in [0.1, 0.15) is 0 Å². The minimum Gasteiger partial charge on any atom is -0.247 e. The molecule has 0 bridgehead atoms. The fraction of sp³-hybridized carbons (Fsp3) is 0.889. The molecule has 1 atom stereocenters. The zero-order valence-corrected chi connectivity index (χ0v) is 7.43. The van der Waals surface area contributed by atoms with Crippen molar-refractivity contribution in [1.82, 2.24) is 0 Å². The molecule has 0 aliphatic carbocycles. The molecular weight excluding hydrogens is 140 g/mol. The summed E-state index contributed by atoms with van der Waals surface area (Å²) in [6.07, 6.45) is 4.77. The normalized spacial score (nSPS) is 12.9. The Labute approximate surface area is 68.6 Å². The highest BCUT2D eigenvalue weighted by molar-refractivity contribution is 5.66. The Bertz CT molecular complexity index is 110. The molecule has 0 aromatic carbocycles. The Kier molecular flexibility index (Phi) is 5.90. The summed E-state index contributed by atoms with van der Waals surface area (Å²) in [4.78, 5) is 10.1. The Hall–Kier alpha value is -0.530. The van der Waals surface area contributed by atoms with E-state index in [4.69, 9.17) is 0 Å². The smallest absolute Gasteiger partial charge is 0.247 e. The van der Waals surface area contributed by atoms with E-state index in [0.29, 0.717) is 0 Å². The highest BCUT2D eigenvalue weighted by atomic mass is 16.4. The Balaban J connectivity index is 3.22. The van der Waals surface area contributed by atoms with Crippen LogP contribution in [0.3, 0.4) is 0 Å². The quantitative estimate of drug-likeness (QED) is 0.546. The average molecular weight is 157 g/mol. The average Bonchev–Trinajstić information content (AvgIpc) is 1.86. The van der Waals surface area contributed by atoms with Gasteiger partial charge in [0.15, 0.2) is 0 Å². The first-order chi connectivity index (χ1) is 5.16. The number of carbonyl (C=O) groups is 1. The number of hydrogen-bond donors (Lipinski definition) is 0. The van der Waals surface area contributed by atoms with Gasteiger partial charge in [-0.2, -0.15) is 0 Å². The van der Waals surface area contributed by atoms with Gasteiger partial charge in [-0.15, -0.1) is 0 Å². The van der Waals surface area contributed by atoms with Crippen LogP contribution in [0, 0.1) is 5.92 Å². The Morgan fingerprint density at radius 3 is 2.45 bits per heavy atom. The second kappa shape index (κ2) is 6.20. The summed E-state index contributed by atoms with van der Waals surface area (Å²) in [6, 6.07) is 0. The van der Waals surface area contributed by atoms with Crippen LogP contribution in [0.4, 0.5) is 0 Å². The van der Waals surface area contributed by atoms with Gasteiger partial charge < -0.3 is 0 Å². The van der Waals surface area contributed by atoms with E-state index in [-0.39, 0.29) is 12.3 Å². The zero-order chi connectivity index (χ0) is 8.69. The molecular formula is C9H17O2. The highest BCUT2D eigenvalue weighted by Crippen LogP contribution is 2.12. The van der Waals surface area contributed by atoms with Gasteiger partial charge in [0, 0.05) is 0 Å². The van der Waals surface area contributed by atoms with E-state index in [9.17, 15) is 9.90 Å². The molecule has 0 N–H and O–H groups in total. The van der Waals surface area contributed by atoms with Crippen LogP contribution in [0.1, 0.15) is 46.0 Å². The predicted molar refractivity (Wildman–Crippen MR) is 43.6 cm³/mol. The van der Waals surface area contributed by atoms with Crippen molar-refractivity contribution in [1.29, 1.82) is 0 Å². The lowest BCUT2D eigenvalue weighted by Gasteiger charge is -2.05. The van der Waals surface area contributed by atoms with Crippen LogP contribution in [0.15, 0.2) is 0 Å². The fourth-order valence-electron chi connectivity index (χ4n) is 1.13. The van der Waals surface area contributed by atoms with Crippen molar-refractivity contribution < 1.29 is 9.90 Å². The minimum absolute atomic E-state index is 0.212. The molecule has 0 aromatic heterocycles. The van der Waals surface area contributed by atoms with Crippen molar-refractivity contribution in [3.05, 3.63) is 0 Å². The summed E-state index contributed by atoms with van der Waals surface area (Å²) in [5.41, 5.74) is 0. The van der Waals surface area contributed by atoms with E-state index in [2.05, 4.69) is 6.92 Å². The third-order valence-electron chi connectivity index (χ3n) is 1.82. The van der Waals surface area contributed by atoms with Crippen molar-refractivity contribution in [3.8, 4) is 0 Å².